The van der Waals surface area contributed by atoms with Gasteiger partial charge in [0.15, 0.2) is 24.8 Å². The highest BCUT2D eigenvalue weighted by Gasteiger charge is 2.56. The molecule has 2 aliphatic rings. The fourth-order valence-corrected chi connectivity index (χ4v) is 6.86. The van der Waals surface area contributed by atoms with Crippen LogP contribution < -0.4 is 5.32 Å². The van der Waals surface area contributed by atoms with E-state index in [4.69, 9.17) is 82.2 Å². The number of esters is 3. The van der Waals surface area contributed by atoms with Crippen LogP contribution in [0.15, 0.2) is 91.0 Å². The first-order valence-electron chi connectivity index (χ1n) is 19.0. The van der Waals surface area contributed by atoms with Gasteiger partial charge >= 0.3 is 17.9 Å². The minimum atomic E-state index is -2.53. The third kappa shape index (κ3) is 13.8. The molecule has 0 radical (unpaired) electrons. The lowest BCUT2D eigenvalue weighted by Crippen LogP contribution is -2.70. The van der Waals surface area contributed by atoms with E-state index in [1.807, 2.05) is 91.0 Å². The van der Waals surface area contributed by atoms with Crippen LogP contribution in [0.5, 0.6) is 0 Å². The number of hydrogen-bond donors (Lipinski definition) is 1. The molecule has 15 nitrogen and oxygen atoms in total. The lowest BCUT2D eigenvalue weighted by Gasteiger charge is -2.49. The molecule has 0 aliphatic carbocycles. The standard InChI is InChI=1S/C42H48Cl3NO14/c1-25(47)53-24-32-34(56-26(2)48)36(57-27(3)49)33(46-41(50)42(43,44)45)39(58-32)60-35-31(23-52-20-28-14-8-5-9-15-28)59-40(51-4)38(55-22-30-18-12-7-13-19-30)37(35)54-21-29-16-10-6-11-17-29/h5-19,31-40H,20-24H2,1-4H3,(H,46,50)/t31-,32-,33+,34-,35-,36-,37+,38-,39-,40+/m1/s1. The first kappa shape index (κ1) is 47.2. The number of carbonyl (C=O) groups excluding carboxylic acids is 4. The van der Waals surface area contributed by atoms with E-state index >= 15 is 0 Å². The number of carbonyl (C=O) groups is 4. The summed E-state index contributed by atoms with van der Waals surface area (Å²) < 4.78 is 59.2. The number of benzene rings is 3. The first-order valence-corrected chi connectivity index (χ1v) is 20.1. The lowest BCUT2D eigenvalue weighted by molar-refractivity contribution is -0.356. The van der Waals surface area contributed by atoms with E-state index in [-0.39, 0.29) is 26.4 Å². The number of amides is 1. The second-order valence-corrected chi connectivity index (χ2v) is 16.2. The molecule has 326 valence electrons. The van der Waals surface area contributed by atoms with Crippen LogP contribution in [0.4, 0.5) is 0 Å². The molecular weight excluding hydrogens is 849 g/mol. The zero-order valence-electron chi connectivity index (χ0n) is 33.3. The predicted molar refractivity (Wildman–Crippen MR) is 215 cm³/mol. The van der Waals surface area contributed by atoms with E-state index in [0.717, 1.165) is 30.5 Å². The zero-order valence-corrected chi connectivity index (χ0v) is 35.6. The van der Waals surface area contributed by atoms with E-state index in [2.05, 4.69) is 5.32 Å². The van der Waals surface area contributed by atoms with E-state index in [1.54, 1.807) is 0 Å². The Hall–Kier alpha value is -3.87. The van der Waals surface area contributed by atoms with Crippen molar-refractivity contribution in [1.29, 1.82) is 0 Å². The Labute approximate surface area is 363 Å². The molecule has 3 aromatic carbocycles. The number of nitrogens with one attached hydrogen (secondary N) is 1. The summed E-state index contributed by atoms with van der Waals surface area (Å²) >= 11 is 18.1. The number of alkyl halides is 3. The summed E-state index contributed by atoms with van der Waals surface area (Å²) in [5.74, 6) is -3.50. The Morgan fingerprint density at radius 2 is 1.08 bits per heavy atom. The molecule has 3 aromatic rings. The van der Waals surface area contributed by atoms with Crippen molar-refractivity contribution in [2.75, 3.05) is 20.3 Å². The van der Waals surface area contributed by atoms with Crippen molar-refractivity contribution in [2.24, 2.45) is 0 Å². The van der Waals surface area contributed by atoms with Crippen LogP contribution in [-0.4, -0.2) is 109 Å². The monoisotopic (exact) mass is 895 g/mol. The Morgan fingerprint density at radius 3 is 1.58 bits per heavy atom. The molecule has 18 heteroatoms. The molecule has 5 rings (SSSR count). The van der Waals surface area contributed by atoms with Crippen molar-refractivity contribution < 1.29 is 66.5 Å². The van der Waals surface area contributed by atoms with Crippen LogP contribution in [0, 0.1) is 0 Å². The Balaban J connectivity index is 1.60. The summed E-state index contributed by atoms with van der Waals surface area (Å²) in [4.78, 5) is 50.6. The minimum Gasteiger partial charge on any atom is -0.463 e. The molecule has 2 fully saturated rings. The quantitative estimate of drug-likeness (QED) is 0.101. The zero-order chi connectivity index (χ0) is 43.2. The highest BCUT2D eigenvalue weighted by atomic mass is 35.6. The molecule has 2 saturated heterocycles. The lowest BCUT2D eigenvalue weighted by atomic mass is 9.94. The maximum atomic E-state index is 13.4. The van der Waals surface area contributed by atoms with Crippen molar-refractivity contribution in [3.8, 4) is 0 Å². The number of rotatable bonds is 18. The van der Waals surface area contributed by atoms with Gasteiger partial charge in [-0.05, 0) is 16.7 Å². The third-order valence-corrected chi connectivity index (χ3v) is 9.85. The van der Waals surface area contributed by atoms with Crippen molar-refractivity contribution >= 4 is 58.6 Å². The van der Waals surface area contributed by atoms with Crippen molar-refractivity contribution in [2.45, 2.75) is 106 Å². The molecule has 0 bridgehead atoms. The molecule has 1 amide bonds. The van der Waals surface area contributed by atoms with Crippen LogP contribution in [0.1, 0.15) is 37.5 Å². The maximum Gasteiger partial charge on any atom is 0.303 e. The Kier molecular flexibility index (Phi) is 17.9. The van der Waals surface area contributed by atoms with Crippen molar-refractivity contribution in [1.82, 2.24) is 5.32 Å². The topological polar surface area (TPSA) is 173 Å². The minimum absolute atomic E-state index is 0.0726. The highest BCUT2D eigenvalue weighted by molar-refractivity contribution is 6.76. The van der Waals surface area contributed by atoms with Crippen LogP contribution in [-0.2, 0) is 86.4 Å². The second-order valence-electron chi connectivity index (χ2n) is 13.9. The van der Waals surface area contributed by atoms with Gasteiger partial charge in [0.1, 0.15) is 43.2 Å². The van der Waals surface area contributed by atoms with Gasteiger partial charge in [-0.3, -0.25) is 19.2 Å². The largest absolute Gasteiger partial charge is 0.463 e. The summed E-state index contributed by atoms with van der Waals surface area (Å²) in [6, 6.07) is 26.7. The molecule has 60 heavy (non-hydrogen) atoms. The molecule has 0 saturated carbocycles. The van der Waals surface area contributed by atoms with E-state index < -0.39 is 95.6 Å². The number of methoxy groups -OCH3 is 1. The second kappa shape index (κ2) is 22.8. The summed E-state index contributed by atoms with van der Waals surface area (Å²) in [6.45, 7) is 3.18. The Morgan fingerprint density at radius 1 is 0.600 bits per heavy atom. The van der Waals surface area contributed by atoms with Crippen LogP contribution >= 0.6 is 34.8 Å². The van der Waals surface area contributed by atoms with E-state index in [9.17, 15) is 19.2 Å². The molecule has 2 heterocycles. The van der Waals surface area contributed by atoms with Gasteiger partial charge in [-0.25, -0.2) is 0 Å². The number of halogens is 3. The van der Waals surface area contributed by atoms with Crippen molar-refractivity contribution in [3.63, 3.8) is 0 Å². The summed E-state index contributed by atoms with van der Waals surface area (Å²) in [6.07, 6.45) is -11.2. The summed E-state index contributed by atoms with van der Waals surface area (Å²) in [7, 11) is 1.46. The number of ether oxygens (including phenoxy) is 10. The van der Waals surface area contributed by atoms with Crippen molar-refractivity contribution in [3.05, 3.63) is 108 Å². The average Bonchev–Trinajstić information content (AvgIpc) is 3.21. The van der Waals surface area contributed by atoms with Gasteiger partial charge in [0.2, 0.25) is 0 Å². The van der Waals surface area contributed by atoms with Gasteiger partial charge in [-0.2, -0.15) is 0 Å². The first-order chi connectivity index (χ1) is 28.7. The van der Waals surface area contributed by atoms with Gasteiger partial charge in [0.05, 0.1) is 26.4 Å². The fraction of sp³-hybridized carbons (Fsp3) is 0.476. The summed E-state index contributed by atoms with van der Waals surface area (Å²) in [5, 5.41) is 2.54. The number of hydrogen-bond acceptors (Lipinski definition) is 14. The molecule has 0 aromatic heterocycles. The Bertz CT molecular complexity index is 1820. The van der Waals surface area contributed by atoms with Gasteiger partial charge in [0.25, 0.3) is 9.70 Å². The smallest absolute Gasteiger partial charge is 0.303 e. The summed E-state index contributed by atoms with van der Waals surface area (Å²) in [5.41, 5.74) is 2.55. The van der Waals surface area contributed by atoms with Crippen LogP contribution in [0.25, 0.3) is 0 Å². The average molecular weight is 897 g/mol. The van der Waals surface area contributed by atoms with Gasteiger partial charge in [0, 0.05) is 27.9 Å². The highest BCUT2D eigenvalue weighted by Crippen LogP contribution is 2.36. The van der Waals surface area contributed by atoms with E-state index in [1.165, 1.54) is 14.0 Å². The maximum absolute atomic E-state index is 13.4. The third-order valence-electron chi connectivity index (χ3n) is 9.34. The van der Waals surface area contributed by atoms with Gasteiger partial charge in [-0.1, -0.05) is 126 Å². The molecule has 0 spiro atoms. The SMILES string of the molecule is CO[C@H]1O[C@H](COCc2ccccc2)[C@@H](O[C@H]2O[C@H](COC(C)=O)[C@@H](OC(C)=O)[C@H](OC(C)=O)[C@@H]2NC(=O)C(Cl)(Cl)Cl)[C@H](OCc2ccccc2)[C@H]1OCc1ccccc1. The fourth-order valence-electron chi connectivity index (χ4n) is 6.69. The molecule has 2 aliphatic heterocycles. The normalized spacial score (nSPS) is 26.7. The van der Waals surface area contributed by atoms with Gasteiger partial charge < -0.3 is 52.7 Å². The molecule has 10 atom stereocenters. The van der Waals surface area contributed by atoms with Crippen LogP contribution in [0.3, 0.4) is 0 Å². The predicted octanol–water partition coefficient (Wildman–Crippen LogP) is 5.14. The van der Waals surface area contributed by atoms with Gasteiger partial charge in [-0.15, -0.1) is 0 Å². The molecule has 0 unspecified atom stereocenters. The molecular formula is C42H48Cl3NO14. The molecule has 1 N–H and O–H groups in total. The van der Waals surface area contributed by atoms with E-state index in [0.29, 0.717) is 0 Å². The van der Waals surface area contributed by atoms with Crippen LogP contribution in [0.2, 0.25) is 0 Å².